The van der Waals surface area contributed by atoms with Gasteiger partial charge in [-0.05, 0) is 49.2 Å². The Bertz CT molecular complexity index is 968. The zero-order chi connectivity index (χ0) is 20.6. The predicted octanol–water partition coefficient (Wildman–Crippen LogP) is 3.06. The van der Waals surface area contributed by atoms with E-state index in [1.54, 1.807) is 6.07 Å². The van der Waals surface area contributed by atoms with Crippen molar-refractivity contribution in [3.63, 3.8) is 0 Å². The maximum atomic E-state index is 12.1. The van der Waals surface area contributed by atoms with Crippen molar-refractivity contribution in [3.8, 4) is 6.07 Å². The summed E-state index contributed by atoms with van der Waals surface area (Å²) in [4.78, 5) is 16.6. The lowest BCUT2D eigenvalue weighted by Crippen LogP contribution is -2.14. The highest BCUT2D eigenvalue weighted by Gasteiger charge is 2.10. The number of pyridine rings is 1. The molecule has 0 aliphatic rings. The number of nitriles is 1. The Morgan fingerprint density at radius 1 is 1.25 bits per heavy atom. The molecule has 1 amide bonds. The molecule has 1 heterocycles. The third-order valence-corrected chi connectivity index (χ3v) is 5.78. The molecule has 0 aliphatic carbocycles. The number of nitrogens with zero attached hydrogens (tertiary/aromatic N) is 2. The number of thioether (sulfide) groups is 1. The second-order valence-corrected chi connectivity index (χ2v) is 8.73. The average Bonchev–Trinajstić information content (AvgIpc) is 2.66. The molecule has 0 saturated carbocycles. The van der Waals surface area contributed by atoms with Crippen molar-refractivity contribution in [2.24, 2.45) is 5.14 Å². The minimum atomic E-state index is -3.76. The highest BCUT2D eigenvalue weighted by Crippen LogP contribution is 2.22. The number of carbonyl (C=O) groups excluding carboxylic acids is 1. The van der Waals surface area contributed by atoms with Gasteiger partial charge in [0.15, 0.2) is 0 Å². The van der Waals surface area contributed by atoms with Crippen LogP contribution in [-0.4, -0.2) is 25.1 Å². The van der Waals surface area contributed by atoms with Crippen LogP contribution >= 0.6 is 11.8 Å². The Morgan fingerprint density at radius 2 is 1.96 bits per heavy atom. The van der Waals surface area contributed by atoms with E-state index in [4.69, 9.17) is 5.14 Å². The Morgan fingerprint density at radius 3 is 2.57 bits per heavy atom. The molecule has 0 saturated heterocycles. The molecule has 0 fully saturated rings. The number of unbranched alkanes of at least 4 members (excludes halogenated alkanes) is 1. The summed E-state index contributed by atoms with van der Waals surface area (Å²) in [5.41, 5.74) is 1.94. The summed E-state index contributed by atoms with van der Waals surface area (Å²) in [6, 6.07) is 11.4. The normalized spacial score (nSPS) is 11.0. The van der Waals surface area contributed by atoms with E-state index in [-0.39, 0.29) is 17.2 Å². The van der Waals surface area contributed by atoms with Gasteiger partial charge in [0.1, 0.15) is 11.1 Å². The fourth-order valence-corrected chi connectivity index (χ4v) is 3.81. The molecular weight excluding hydrogens is 396 g/mol. The molecule has 148 valence electrons. The van der Waals surface area contributed by atoms with Crippen molar-refractivity contribution in [3.05, 3.63) is 47.7 Å². The molecule has 2 rings (SSSR count). The third-order valence-electron chi connectivity index (χ3n) is 3.86. The van der Waals surface area contributed by atoms with Gasteiger partial charge in [-0.3, -0.25) is 4.79 Å². The van der Waals surface area contributed by atoms with E-state index in [1.807, 2.05) is 6.07 Å². The van der Waals surface area contributed by atoms with Crippen molar-refractivity contribution < 1.29 is 13.2 Å². The van der Waals surface area contributed by atoms with Gasteiger partial charge in [0.05, 0.1) is 10.5 Å². The molecule has 1 aromatic heterocycles. The number of nitrogens with two attached hydrogens (primary N) is 1. The van der Waals surface area contributed by atoms with Crippen molar-refractivity contribution in [2.45, 2.75) is 42.5 Å². The van der Waals surface area contributed by atoms with Crippen LogP contribution in [-0.2, 0) is 21.2 Å². The first-order valence-corrected chi connectivity index (χ1v) is 11.3. The fourth-order valence-electron chi connectivity index (χ4n) is 2.36. The van der Waals surface area contributed by atoms with Gasteiger partial charge >= 0.3 is 0 Å². The summed E-state index contributed by atoms with van der Waals surface area (Å²) in [7, 11) is -3.76. The van der Waals surface area contributed by atoms with Crippen LogP contribution in [0, 0.1) is 11.3 Å². The summed E-state index contributed by atoms with van der Waals surface area (Å²) in [5, 5.41) is 17.6. The highest BCUT2D eigenvalue weighted by molar-refractivity contribution is 7.99. The molecule has 0 spiro atoms. The first-order valence-electron chi connectivity index (χ1n) is 8.79. The summed E-state index contributed by atoms with van der Waals surface area (Å²) in [6.45, 7) is 2.11. The number of benzene rings is 1. The standard InChI is InChI=1S/C19H22N4O3S2/c1-2-3-4-15-6-5-14(13-20)19(23-15)27-12-11-18(24)22-16-7-9-17(10-8-16)28(21,25)26/h5-10H,2-4,11-12H2,1H3,(H,22,24)(H2,21,25,26). The van der Waals surface area contributed by atoms with Crippen LogP contribution in [0.15, 0.2) is 46.3 Å². The molecule has 9 heteroatoms. The average molecular weight is 419 g/mol. The number of aryl methyl sites for hydroxylation is 1. The molecule has 0 bridgehead atoms. The lowest BCUT2D eigenvalue weighted by atomic mass is 10.2. The number of sulfonamides is 1. The Labute approximate surface area is 169 Å². The highest BCUT2D eigenvalue weighted by atomic mass is 32.2. The number of rotatable bonds is 9. The van der Waals surface area contributed by atoms with Crippen LogP contribution in [0.25, 0.3) is 0 Å². The van der Waals surface area contributed by atoms with Gasteiger partial charge in [-0.25, -0.2) is 18.5 Å². The van der Waals surface area contributed by atoms with Crippen LogP contribution in [0.4, 0.5) is 5.69 Å². The summed E-state index contributed by atoms with van der Waals surface area (Å²) >= 11 is 1.37. The Kier molecular flexibility index (Phi) is 7.99. The van der Waals surface area contributed by atoms with Gasteiger partial charge in [0.25, 0.3) is 0 Å². The maximum absolute atomic E-state index is 12.1. The van der Waals surface area contributed by atoms with E-state index in [2.05, 4.69) is 23.3 Å². The number of carbonyl (C=O) groups is 1. The maximum Gasteiger partial charge on any atom is 0.238 e. The summed E-state index contributed by atoms with van der Waals surface area (Å²) in [6.07, 6.45) is 3.20. The first-order chi connectivity index (χ1) is 13.3. The fraction of sp³-hybridized carbons (Fsp3) is 0.316. The Balaban J connectivity index is 1.90. The van der Waals surface area contributed by atoms with Crippen molar-refractivity contribution in [1.29, 1.82) is 5.26 Å². The SMILES string of the molecule is CCCCc1ccc(C#N)c(SCCC(=O)Nc2ccc(S(N)(=O)=O)cc2)n1. The van der Waals surface area contributed by atoms with Gasteiger partial charge in [-0.15, -0.1) is 11.8 Å². The molecule has 0 atom stereocenters. The van der Waals surface area contributed by atoms with E-state index >= 15 is 0 Å². The quantitative estimate of drug-likeness (QED) is 0.603. The number of nitrogens with one attached hydrogen (secondary N) is 1. The van der Waals surface area contributed by atoms with E-state index in [9.17, 15) is 18.5 Å². The van der Waals surface area contributed by atoms with Crippen molar-refractivity contribution in [1.82, 2.24) is 4.98 Å². The van der Waals surface area contributed by atoms with E-state index < -0.39 is 10.0 Å². The monoisotopic (exact) mass is 418 g/mol. The topological polar surface area (TPSA) is 126 Å². The number of amides is 1. The largest absolute Gasteiger partial charge is 0.326 e. The molecular formula is C19H22N4O3S2. The molecule has 3 N–H and O–H groups in total. The van der Waals surface area contributed by atoms with Gasteiger partial charge in [-0.2, -0.15) is 5.26 Å². The number of hydrogen-bond donors (Lipinski definition) is 2. The van der Waals surface area contributed by atoms with Crippen LogP contribution in [0.2, 0.25) is 0 Å². The molecule has 7 nitrogen and oxygen atoms in total. The molecule has 2 aromatic rings. The smallest absolute Gasteiger partial charge is 0.238 e. The summed E-state index contributed by atoms with van der Waals surface area (Å²) in [5.74, 6) is 0.261. The number of hydrogen-bond acceptors (Lipinski definition) is 6. The second-order valence-electron chi connectivity index (χ2n) is 6.09. The van der Waals surface area contributed by atoms with Gasteiger partial charge < -0.3 is 5.32 Å². The molecule has 28 heavy (non-hydrogen) atoms. The van der Waals surface area contributed by atoms with Crippen LogP contribution < -0.4 is 10.5 Å². The minimum absolute atomic E-state index is 0.0147. The second kappa shape index (κ2) is 10.2. The zero-order valence-corrected chi connectivity index (χ0v) is 17.1. The zero-order valence-electron chi connectivity index (χ0n) is 15.5. The van der Waals surface area contributed by atoms with Crippen LogP contribution in [0.1, 0.15) is 37.4 Å². The van der Waals surface area contributed by atoms with Crippen molar-refractivity contribution in [2.75, 3.05) is 11.1 Å². The number of anilines is 1. The van der Waals surface area contributed by atoms with Crippen molar-refractivity contribution >= 4 is 33.4 Å². The Hall–Kier alpha value is -2.41. The molecule has 1 aromatic carbocycles. The van der Waals surface area contributed by atoms with E-state index in [0.29, 0.717) is 22.0 Å². The molecule has 0 unspecified atom stereocenters. The number of aromatic nitrogens is 1. The third kappa shape index (κ3) is 6.64. The summed E-state index contributed by atoms with van der Waals surface area (Å²) < 4.78 is 22.5. The van der Waals surface area contributed by atoms with Gasteiger partial charge in [-0.1, -0.05) is 13.3 Å². The van der Waals surface area contributed by atoms with Gasteiger partial charge in [0, 0.05) is 23.6 Å². The van der Waals surface area contributed by atoms with E-state index in [1.165, 1.54) is 36.0 Å². The molecule has 0 aliphatic heterocycles. The van der Waals surface area contributed by atoms with Crippen LogP contribution in [0.3, 0.4) is 0 Å². The lowest BCUT2D eigenvalue weighted by molar-refractivity contribution is -0.115. The number of primary sulfonamides is 1. The first kappa shape index (κ1) is 21.9. The minimum Gasteiger partial charge on any atom is -0.326 e. The molecule has 0 radical (unpaired) electrons. The van der Waals surface area contributed by atoms with Gasteiger partial charge in [0.2, 0.25) is 15.9 Å². The lowest BCUT2D eigenvalue weighted by Gasteiger charge is -2.08. The predicted molar refractivity (Wildman–Crippen MR) is 109 cm³/mol. The van der Waals surface area contributed by atoms with Crippen LogP contribution in [0.5, 0.6) is 0 Å². The van der Waals surface area contributed by atoms with E-state index in [0.717, 1.165) is 25.0 Å².